The van der Waals surface area contributed by atoms with E-state index in [1.807, 2.05) is 12.1 Å². The molecule has 2 aromatic rings. The van der Waals surface area contributed by atoms with E-state index in [0.29, 0.717) is 29.4 Å². The van der Waals surface area contributed by atoms with E-state index in [1.165, 1.54) is 4.90 Å². The van der Waals surface area contributed by atoms with Gasteiger partial charge in [0.15, 0.2) is 0 Å². The quantitative estimate of drug-likeness (QED) is 0.747. The van der Waals surface area contributed by atoms with Crippen molar-refractivity contribution in [3.8, 4) is 11.5 Å². The van der Waals surface area contributed by atoms with Crippen LogP contribution in [-0.4, -0.2) is 49.4 Å². The Morgan fingerprint density at radius 3 is 2.41 bits per heavy atom. The molecule has 164 valence electrons. The number of hydrogen-bond donors (Lipinski definition) is 1. The van der Waals surface area contributed by atoms with Crippen molar-refractivity contribution in [3.05, 3.63) is 48.0 Å². The van der Waals surface area contributed by atoms with Crippen LogP contribution in [0.15, 0.2) is 42.5 Å². The fraction of sp³-hybridized carbons (Fsp3) is 0.375. The van der Waals surface area contributed by atoms with Crippen molar-refractivity contribution in [2.45, 2.75) is 24.4 Å². The summed E-state index contributed by atoms with van der Waals surface area (Å²) in [6, 6.07) is 12.1. The van der Waals surface area contributed by atoms with Gasteiger partial charge in [-0.25, -0.2) is 4.90 Å². The zero-order chi connectivity index (χ0) is 22.2. The molecule has 4 heterocycles. The number of carbonyl (C=O) groups is 3. The average Bonchev–Trinajstić information content (AvgIpc) is 3.52. The molecule has 0 aliphatic carbocycles. The van der Waals surface area contributed by atoms with Gasteiger partial charge in [-0.05, 0) is 61.9 Å². The molecule has 0 bridgehead atoms. The van der Waals surface area contributed by atoms with E-state index in [2.05, 4.69) is 10.2 Å². The van der Waals surface area contributed by atoms with Crippen LogP contribution in [0.1, 0.15) is 18.4 Å². The van der Waals surface area contributed by atoms with Crippen LogP contribution in [-0.2, 0) is 19.9 Å². The zero-order valence-electron chi connectivity index (χ0n) is 17.8. The third-order valence-electron chi connectivity index (χ3n) is 7.53. The van der Waals surface area contributed by atoms with Gasteiger partial charge in [-0.2, -0.15) is 0 Å². The molecule has 0 unspecified atom stereocenters. The lowest BCUT2D eigenvalue weighted by atomic mass is 9.75. The summed E-state index contributed by atoms with van der Waals surface area (Å²) in [5, 5.41) is 2.98. The van der Waals surface area contributed by atoms with Crippen LogP contribution in [0.4, 0.5) is 11.4 Å². The third kappa shape index (κ3) is 2.17. The maximum absolute atomic E-state index is 13.9. The van der Waals surface area contributed by atoms with E-state index < -0.39 is 17.4 Å². The van der Waals surface area contributed by atoms with E-state index in [9.17, 15) is 14.4 Å². The molecule has 3 saturated heterocycles. The van der Waals surface area contributed by atoms with E-state index in [1.54, 1.807) is 44.6 Å². The van der Waals surface area contributed by atoms with Crippen LogP contribution in [0.3, 0.4) is 0 Å². The van der Waals surface area contributed by atoms with Gasteiger partial charge in [0, 0.05) is 17.3 Å². The highest BCUT2D eigenvalue weighted by Crippen LogP contribution is 2.61. The van der Waals surface area contributed by atoms with Crippen molar-refractivity contribution in [1.29, 1.82) is 0 Å². The van der Waals surface area contributed by atoms with Crippen molar-refractivity contribution in [1.82, 2.24) is 4.90 Å². The Bertz CT molecular complexity index is 1160. The second-order valence-corrected chi connectivity index (χ2v) is 8.75. The number of carbonyl (C=O) groups excluding carboxylic acids is 3. The molecule has 1 N–H and O–H groups in total. The molecule has 4 atom stereocenters. The van der Waals surface area contributed by atoms with Gasteiger partial charge in [-0.3, -0.25) is 19.3 Å². The number of nitrogens with zero attached hydrogens (tertiary/aromatic N) is 2. The van der Waals surface area contributed by atoms with E-state index in [4.69, 9.17) is 9.47 Å². The summed E-state index contributed by atoms with van der Waals surface area (Å²) in [5.74, 6) is -0.887. The molecule has 1 spiro atoms. The summed E-state index contributed by atoms with van der Waals surface area (Å²) in [6.45, 7) is 0.671. The fourth-order valence-corrected chi connectivity index (χ4v) is 6.29. The third-order valence-corrected chi connectivity index (χ3v) is 7.53. The maximum Gasteiger partial charge on any atom is 0.250 e. The minimum atomic E-state index is -1.20. The summed E-state index contributed by atoms with van der Waals surface area (Å²) < 4.78 is 10.6. The smallest absolute Gasteiger partial charge is 0.250 e. The maximum atomic E-state index is 13.9. The van der Waals surface area contributed by atoms with Crippen molar-refractivity contribution >= 4 is 29.1 Å². The predicted molar refractivity (Wildman–Crippen MR) is 115 cm³/mol. The number of methoxy groups -OCH3 is 2. The second-order valence-electron chi connectivity index (χ2n) is 8.75. The molecule has 8 heteroatoms. The van der Waals surface area contributed by atoms with Gasteiger partial charge in [0.25, 0.3) is 0 Å². The van der Waals surface area contributed by atoms with Crippen LogP contribution in [0.5, 0.6) is 11.5 Å². The Balaban J connectivity index is 1.52. The molecular weight excluding hydrogens is 410 g/mol. The number of nitrogens with one attached hydrogen (secondary N) is 1. The molecule has 4 aliphatic rings. The number of rotatable bonds is 3. The molecular formula is C24H23N3O5. The number of fused-ring (bicyclic) bond motifs is 7. The zero-order valence-corrected chi connectivity index (χ0v) is 17.8. The van der Waals surface area contributed by atoms with Crippen LogP contribution >= 0.6 is 0 Å². The molecule has 2 aromatic carbocycles. The molecule has 0 aromatic heterocycles. The lowest BCUT2D eigenvalue weighted by molar-refractivity contribution is -0.135. The fourth-order valence-electron chi connectivity index (χ4n) is 6.29. The molecule has 8 nitrogen and oxygen atoms in total. The number of amides is 3. The molecule has 0 radical (unpaired) electrons. The van der Waals surface area contributed by atoms with Gasteiger partial charge in [-0.1, -0.05) is 0 Å². The first-order valence-corrected chi connectivity index (χ1v) is 10.8. The van der Waals surface area contributed by atoms with Gasteiger partial charge in [0.1, 0.15) is 17.0 Å². The lowest BCUT2D eigenvalue weighted by Crippen LogP contribution is -2.54. The largest absolute Gasteiger partial charge is 0.497 e. The van der Waals surface area contributed by atoms with Gasteiger partial charge in [-0.15, -0.1) is 0 Å². The predicted octanol–water partition coefficient (Wildman–Crippen LogP) is 2.13. The molecule has 3 amide bonds. The van der Waals surface area contributed by atoms with Crippen LogP contribution in [0.2, 0.25) is 0 Å². The Kier molecular flexibility index (Phi) is 3.96. The summed E-state index contributed by atoms with van der Waals surface area (Å²) >= 11 is 0. The first-order valence-electron chi connectivity index (χ1n) is 10.8. The Morgan fingerprint density at radius 2 is 1.69 bits per heavy atom. The number of imide groups is 1. The number of benzene rings is 2. The lowest BCUT2D eigenvalue weighted by Gasteiger charge is -2.36. The van der Waals surface area contributed by atoms with Crippen molar-refractivity contribution in [2.75, 3.05) is 31.0 Å². The van der Waals surface area contributed by atoms with E-state index >= 15 is 0 Å². The monoisotopic (exact) mass is 433 g/mol. The normalized spacial score (nSPS) is 30.5. The van der Waals surface area contributed by atoms with Crippen molar-refractivity contribution in [2.24, 2.45) is 11.8 Å². The average molecular weight is 433 g/mol. The van der Waals surface area contributed by atoms with Gasteiger partial charge in [0.2, 0.25) is 17.7 Å². The SMILES string of the molecule is COc1ccc(N2C(=O)[C@H]3[C@@H](C2=O)[C@]2(C(=O)Nc4ccc(OC)cc42)N2CCC[C@@H]32)cc1. The minimum absolute atomic E-state index is 0.150. The molecule has 32 heavy (non-hydrogen) atoms. The topological polar surface area (TPSA) is 88.2 Å². The molecule has 6 rings (SSSR count). The summed E-state index contributed by atoms with van der Waals surface area (Å²) in [5.41, 5.74) is 0.687. The van der Waals surface area contributed by atoms with Crippen LogP contribution in [0.25, 0.3) is 0 Å². The second kappa shape index (κ2) is 6.56. The standard InChI is InChI=1S/C24H23N3O5/c1-31-14-7-5-13(6-8-14)27-21(28)19-18-4-3-11-26(18)24(20(19)22(27)29)16-12-15(32-2)9-10-17(16)25-23(24)30/h5-10,12,18-20H,3-4,11H2,1-2H3,(H,25,30)/t18-,19+,20-,24+/m0/s1. The summed E-state index contributed by atoms with van der Waals surface area (Å²) in [4.78, 5) is 44.5. The Hall–Kier alpha value is -3.39. The highest BCUT2D eigenvalue weighted by Gasteiger charge is 2.74. The van der Waals surface area contributed by atoms with Gasteiger partial charge >= 0.3 is 0 Å². The molecule has 4 aliphatic heterocycles. The first-order chi connectivity index (χ1) is 15.5. The molecule has 0 saturated carbocycles. The molecule has 3 fully saturated rings. The van der Waals surface area contributed by atoms with Gasteiger partial charge in [0.05, 0.1) is 31.7 Å². The highest BCUT2D eigenvalue weighted by molar-refractivity contribution is 6.25. The van der Waals surface area contributed by atoms with Crippen molar-refractivity contribution in [3.63, 3.8) is 0 Å². The Labute approximate surface area is 185 Å². The van der Waals surface area contributed by atoms with Crippen LogP contribution in [0, 0.1) is 11.8 Å². The summed E-state index contributed by atoms with van der Waals surface area (Å²) in [7, 11) is 3.14. The number of hydrogen-bond acceptors (Lipinski definition) is 6. The van der Waals surface area contributed by atoms with E-state index in [0.717, 1.165) is 18.4 Å². The van der Waals surface area contributed by atoms with Crippen molar-refractivity contribution < 1.29 is 23.9 Å². The van der Waals surface area contributed by atoms with Crippen LogP contribution < -0.4 is 19.7 Å². The summed E-state index contributed by atoms with van der Waals surface area (Å²) in [6.07, 6.45) is 1.66. The first kappa shape index (κ1) is 19.3. The highest BCUT2D eigenvalue weighted by atomic mass is 16.5. The Morgan fingerprint density at radius 1 is 0.969 bits per heavy atom. The van der Waals surface area contributed by atoms with E-state index in [-0.39, 0.29) is 23.8 Å². The van der Waals surface area contributed by atoms with Gasteiger partial charge < -0.3 is 14.8 Å². The minimum Gasteiger partial charge on any atom is -0.497 e. The number of anilines is 2. The number of ether oxygens (including phenoxy) is 2.